The highest BCUT2D eigenvalue weighted by atomic mass is 35.5. The average Bonchev–Trinajstić information content (AvgIpc) is 2.39. The maximum absolute atomic E-state index is 13.6. The van der Waals surface area contributed by atoms with Crippen LogP contribution in [0.3, 0.4) is 0 Å². The lowest BCUT2D eigenvalue weighted by Gasteiger charge is -2.11. The van der Waals surface area contributed by atoms with Crippen LogP contribution in [0.1, 0.15) is 11.1 Å². The molecule has 1 N–H and O–H groups in total. The molecule has 0 atom stereocenters. The molecule has 0 saturated heterocycles. The molecule has 0 fully saturated rings. The molecular formula is C15H12ClFO3. The third-order valence-electron chi connectivity index (χ3n) is 2.75. The first-order chi connectivity index (χ1) is 9.58. The van der Waals surface area contributed by atoms with Crippen LogP contribution in [-0.2, 0) is 17.8 Å². The molecule has 0 aliphatic carbocycles. The quantitative estimate of drug-likeness (QED) is 0.915. The second-order valence-electron chi connectivity index (χ2n) is 4.18. The third-order valence-corrected chi connectivity index (χ3v) is 3.05. The maximum Gasteiger partial charge on any atom is 0.307 e. The topological polar surface area (TPSA) is 46.5 Å². The summed E-state index contributed by atoms with van der Waals surface area (Å²) in [5.41, 5.74) is 1.32. The van der Waals surface area contributed by atoms with Gasteiger partial charge in [0.25, 0.3) is 0 Å². The number of aliphatic carboxylic acids is 1. The van der Waals surface area contributed by atoms with E-state index in [-0.39, 0.29) is 23.8 Å². The van der Waals surface area contributed by atoms with E-state index in [0.29, 0.717) is 11.1 Å². The van der Waals surface area contributed by atoms with Gasteiger partial charge >= 0.3 is 5.97 Å². The largest absolute Gasteiger partial charge is 0.484 e. The van der Waals surface area contributed by atoms with Gasteiger partial charge in [-0.15, -0.1) is 0 Å². The first kappa shape index (κ1) is 14.3. The zero-order valence-electron chi connectivity index (χ0n) is 10.5. The molecule has 5 heteroatoms. The van der Waals surface area contributed by atoms with Gasteiger partial charge in [0.15, 0.2) is 11.6 Å². The monoisotopic (exact) mass is 294 g/mol. The normalized spacial score (nSPS) is 10.3. The molecular weight excluding hydrogens is 283 g/mol. The SMILES string of the molecule is O=C(O)Cc1ccccc1COc1c(F)cccc1Cl. The van der Waals surface area contributed by atoms with Crippen molar-refractivity contribution in [3.63, 3.8) is 0 Å². The van der Waals surface area contributed by atoms with E-state index in [4.69, 9.17) is 21.4 Å². The lowest BCUT2D eigenvalue weighted by molar-refractivity contribution is -0.136. The number of carboxylic acids is 1. The number of hydrogen-bond donors (Lipinski definition) is 1. The first-order valence-electron chi connectivity index (χ1n) is 5.93. The number of benzene rings is 2. The highest BCUT2D eigenvalue weighted by molar-refractivity contribution is 6.32. The van der Waals surface area contributed by atoms with Gasteiger partial charge in [-0.05, 0) is 23.3 Å². The Balaban J connectivity index is 2.17. The summed E-state index contributed by atoms with van der Waals surface area (Å²) >= 11 is 5.86. The van der Waals surface area contributed by atoms with Crippen LogP contribution in [0.2, 0.25) is 5.02 Å². The lowest BCUT2D eigenvalue weighted by atomic mass is 10.1. The zero-order valence-corrected chi connectivity index (χ0v) is 11.2. The van der Waals surface area contributed by atoms with E-state index in [2.05, 4.69) is 0 Å². The second kappa shape index (κ2) is 6.39. The molecule has 0 unspecified atom stereocenters. The molecule has 0 bridgehead atoms. The summed E-state index contributed by atoms with van der Waals surface area (Å²) in [6.07, 6.45) is -0.107. The predicted octanol–water partition coefficient (Wildman–Crippen LogP) is 3.69. The summed E-state index contributed by atoms with van der Waals surface area (Å²) in [5, 5.41) is 9.02. The molecule has 2 aromatic rings. The molecule has 2 aromatic carbocycles. The van der Waals surface area contributed by atoms with Crippen LogP contribution in [0.25, 0.3) is 0 Å². The van der Waals surface area contributed by atoms with Crippen molar-refractivity contribution in [3.8, 4) is 5.75 Å². The molecule has 0 saturated carbocycles. The van der Waals surface area contributed by atoms with Crippen LogP contribution in [0.4, 0.5) is 4.39 Å². The van der Waals surface area contributed by atoms with Gasteiger partial charge in [0.2, 0.25) is 0 Å². The van der Waals surface area contributed by atoms with Gasteiger partial charge < -0.3 is 9.84 Å². The van der Waals surface area contributed by atoms with Crippen molar-refractivity contribution >= 4 is 17.6 Å². The minimum absolute atomic E-state index is 0.0284. The number of ether oxygens (including phenoxy) is 1. The van der Waals surface area contributed by atoms with Crippen molar-refractivity contribution in [3.05, 3.63) is 64.4 Å². The molecule has 0 amide bonds. The van der Waals surface area contributed by atoms with Crippen LogP contribution in [0.15, 0.2) is 42.5 Å². The van der Waals surface area contributed by atoms with E-state index in [9.17, 15) is 9.18 Å². The standard InChI is InChI=1S/C15H12ClFO3/c16-12-6-3-7-13(17)15(12)20-9-11-5-2-1-4-10(11)8-14(18)19/h1-7H,8-9H2,(H,18,19). The van der Waals surface area contributed by atoms with Gasteiger partial charge in [-0.1, -0.05) is 41.9 Å². The second-order valence-corrected chi connectivity index (χ2v) is 4.59. The minimum atomic E-state index is -0.929. The van der Waals surface area contributed by atoms with Gasteiger partial charge in [-0.2, -0.15) is 0 Å². The Morgan fingerprint density at radius 2 is 1.85 bits per heavy atom. The Labute approximate surface area is 120 Å². The van der Waals surface area contributed by atoms with Gasteiger partial charge in [-0.25, -0.2) is 4.39 Å². The number of carboxylic acid groups (broad SMARTS) is 1. The van der Waals surface area contributed by atoms with E-state index in [1.807, 2.05) is 0 Å². The van der Waals surface area contributed by atoms with Gasteiger partial charge in [0.05, 0.1) is 11.4 Å². The van der Waals surface area contributed by atoms with Crippen LogP contribution in [0, 0.1) is 5.82 Å². The summed E-state index contributed by atoms with van der Waals surface area (Å²) < 4.78 is 18.9. The molecule has 0 aromatic heterocycles. The van der Waals surface area contributed by atoms with E-state index in [1.54, 1.807) is 24.3 Å². The highest BCUT2D eigenvalue weighted by Gasteiger charge is 2.11. The number of halogens is 2. The van der Waals surface area contributed by atoms with E-state index < -0.39 is 11.8 Å². The van der Waals surface area contributed by atoms with Crippen molar-refractivity contribution in [2.24, 2.45) is 0 Å². The smallest absolute Gasteiger partial charge is 0.307 e. The van der Waals surface area contributed by atoms with Crippen LogP contribution in [0.5, 0.6) is 5.75 Å². The van der Waals surface area contributed by atoms with Crippen molar-refractivity contribution in [1.29, 1.82) is 0 Å². The van der Waals surface area contributed by atoms with Crippen LogP contribution >= 0.6 is 11.6 Å². The highest BCUT2D eigenvalue weighted by Crippen LogP contribution is 2.28. The fraction of sp³-hybridized carbons (Fsp3) is 0.133. The lowest BCUT2D eigenvalue weighted by Crippen LogP contribution is -2.06. The van der Waals surface area contributed by atoms with Crippen LogP contribution in [-0.4, -0.2) is 11.1 Å². The molecule has 0 radical (unpaired) electrons. The van der Waals surface area contributed by atoms with E-state index in [0.717, 1.165) is 0 Å². The summed E-state index contributed by atoms with van der Waals surface area (Å²) in [4.78, 5) is 10.8. The Morgan fingerprint density at radius 3 is 2.50 bits per heavy atom. The van der Waals surface area contributed by atoms with E-state index >= 15 is 0 Å². The Bertz CT molecular complexity index is 608. The number of carbonyl (C=O) groups is 1. The Morgan fingerprint density at radius 1 is 1.15 bits per heavy atom. The van der Waals surface area contributed by atoms with Crippen molar-refractivity contribution < 1.29 is 19.0 Å². The van der Waals surface area contributed by atoms with Gasteiger partial charge in [-0.3, -0.25) is 4.79 Å². The summed E-state index contributed by atoms with van der Waals surface area (Å²) in [7, 11) is 0. The Kier molecular flexibility index (Phi) is 4.58. The molecule has 20 heavy (non-hydrogen) atoms. The minimum Gasteiger partial charge on any atom is -0.484 e. The summed E-state index contributed by atoms with van der Waals surface area (Å²) in [6.45, 7) is 0.0596. The molecule has 2 rings (SSSR count). The zero-order chi connectivity index (χ0) is 14.5. The summed E-state index contributed by atoms with van der Waals surface area (Å²) in [5.74, 6) is -1.51. The maximum atomic E-state index is 13.6. The molecule has 0 aliphatic heterocycles. The Hall–Kier alpha value is -2.07. The van der Waals surface area contributed by atoms with Crippen LogP contribution < -0.4 is 4.74 Å². The fourth-order valence-corrected chi connectivity index (χ4v) is 2.02. The fourth-order valence-electron chi connectivity index (χ4n) is 1.80. The molecule has 104 valence electrons. The third kappa shape index (κ3) is 3.48. The average molecular weight is 295 g/mol. The van der Waals surface area contributed by atoms with E-state index in [1.165, 1.54) is 18.2 Å². The van der Waals surface area contributed by atoms with Gasteiger partial charge in [0, 0.05) is 0 Å². The van der Waals surface area contributed by atoms with Crippen molar-refractivity contribution in [2.45, 2.75) is 13.0 Å². The molecule has 0 heterocycles. The number of para-hydroxylation sites is 1. The molecule has 0 aliphatic rings. The number of hydrogen-bond acceptors (Lipinski definition) is 2. The molecule has 0 spiro atoms. The van der Waals surface area contributed by atoms with Gasteiger partial charge in [0.1, 0.15) is 6.61 Å². The predicted molar refractivity (Wildman–Crippen MR) is 73.5 cm³/mol. The summed E-state index contributed by atoms with van der Waals surface area (Å²) in [6, 6.07) is 11.2. The number of rotatable bonds is 5. The molecule has 3 nitrogen and oxygen atoms in total. The van der Waals surface area contributed by atoms with Crippen molar-refractivity contribution in [2.75, 3.05) is 0 Å². The van der Waals surface area contributed by atoms with Crippen molar-refractivity contribution in [1.82, 2.24) is 0 Å². The first-order valence-corrected chi connectivity index (χ1v) is 6.31.